The molecule has 112 valence electrons. The van der Waals surface area contributed by atoms with Gasteiger partial charge in [0.15, 0.2) is 9.84 Å². The number of hydrogen-bond donors (Lipinski definition) is 0. The van der Waals surface area contributed by atoms with Crippen molar-refractivity contribution < 1.29 is 13.2 Å². The van der Waals surface area contributed by atoms with Crippen LogP contribution >= 0.6 is 15.9 Å². The molecule has 0 aliphatic rings. The summed E-state index contributed by atoms with van der Waals surface area (Å²) in [4.78, 5) is 14.1. The summed E-state index contributed by atoms with van der Waals surface area (Å²) < 4.78 is 22.2. The lowest BCUT2D eigenvalue weighted by Crippen LogP contribution is -2.49. The zero-order valence-electron chi connectivity index (χ0n) is 12.0. The van der Waals surface area contributed by atoms with Gasteiger partial charge in [-0.15, -0.1) is 0 Å². The number of carbonyl (C=O) groups excluding carboxylic acids is 1. The van der Waals surface area contributed by atoms with E-state index < -0.39 is 14.6 Å². The number of amides is 1. The molecule has 1 aromatic rings. The van der Waals surface area contributed by atoms with Crippen LogP contribution in [0.2, 0.25) is 0 Å². The van der Waals surface area contributed by atoms with Crippen molar-refractivity contribution in [3.8, 4) is 0 Å². The Hall–Kier alpha value is -0.880. The van der Waals surface area contributed by atoms with Crippen LogP contribution in [-0.2, 0) is 21.2 Å². The zero-order valence-corrected chi connectivity index (χ0v) is 14.4. The van der Waals surface area contributed by atoms with Gasteiger partial charge in [0, 0.05) is 24.7 Å². The van der Waals surface area contributed by atoms with Gasteiger partial charge in [-0.25, -0.2) is 8.42 Å². The smallest absolute Gasteiger partial charge is 0.243 e. The lowest BCUT2D eigenvalue weighted by molar-refractivity contribution is -0.133. The first-order valence-corrected chi connectivity index (χ1v) is 9.30. The summed E-state index contributed by atoms with van der Waals surface area (Å²) in [6, 6.07) is 9.53. The third kappa shape index (κ3) is 4.06. The molecule has 6 heteroatoms. The van der Waals surface area contributed by atoms with Crippen molar-refractivity contribution in [3.05, 3.63) is 35.9 Å². The van der Waals surface area contributed by atoms with E-state index >= 15 is 0 Å². The second kappa shape index (κ2) is 6.72. The van der Waals surface area contributed by atoms with Crippen LogP contribution in [0.1, 0.15) is 19.4 Å². The molecule has 0 fully saturated rings. The first-order valence-electron chi connectivity index (χ1n) is 6.29. The van der Waals surface area contributed by atoms with E-state index in [0.717, 1.165) is 11.8 Å². The molecule has 0 saturated carbocycles. The molecule has 0 saturated heterocycles. The Morgan fingerprint density at radius 3 is 2.25 bits per heavy atom. The standard InChI is InChI=1S/C14H20BrNO3S/c1-14(2,20(3,18)19)13(17)16(10-9-15)11-12-7-5-4-6-8-12/h4-8H,9-11H2,1-3H3. The molecule has 0 aromatic heterocycles. The van der Waals surface area contributed by atoms with Crippen molar-refractivity contribution in [1.82, 2.24) is 4.90 Å². The Labute approximate surface area is 129 Å². The van der Waals surface area contributed by atoms with E-state index in [1.54, 1.807) is 4.90 Å². The Morgan fingerprint density at radius 2 is 1.80 bits per heavy atom. The summed E-state index contributed by atoms with van der Waals surface area (Å²) in [6.45, 7) is 3.78. The van der Waals surface area contributed by atoms with Gasteiger partial charge < -0.3 is 4.90 Å². The maximum absolute atomic E-state index is 12.5. The molecule has 1 aromatic carbocycles. The normalized spacial score (nSPS) is 12.2. The number of rotatable bonds is 6. The van der Waals surface area contributed by atoms with Crippen molar-refractivity contribution in [2.24, 2.45) is 0 Å². The van der Waals surface area contributed by atoms with Crippen LogP contribution in [0.3, 0.4) is 0 Å². The highest BCUT2D eigenvalue weighted by atomic mass is 79.9. The fraction of sp³-hybridized carbons (Fsp3) is 0.500. The second-order valence-corrected chi connectivity index (χ2v) is 8.54. The highest BCUT2D eigenvalue weighted by Gasteiger charge is 2.41. The average molecular weight is 362 g/mol. The molecule has 4 nitrogen and oxygen atoms in total. The second-order valence-electron chi connectivity index (χ2n) is 5.18. The van der Waals surface area contributed by atoms with E-state index in [1.807, 2.05) is 30.3 Å². The summed E-state index contributed by atoms with van der Waals surface area (Å²) in [5, 5.41) is 0.603. The van der Waals surface area contributed by atoms with Crippen molar-refractivity contribution >= 4 is 31.7 Å². The molecule has 0 aliphatic heterocycles. The largest absolute Gasteiger partial charge is 0.336 e. The number of hydrogen-bond acceptors (Lipinski definition) is 3. The van der Waals surface area contributed by atoms with Crippen LogP contribution in [0, 0.1) is 0 Å². The molecule has 0 unspecified atom stereocenters. The van der Waals surface area contributed by atoms with E-state index in [9.17, 15) is 13.2 Å². The molecule has 20 heavy (non-hydrogen) atoms. The quantitative estimate of drug-likeness (QED) is 0.730. The van der Waals surface area contributed by atoms with Gasteiger partial charge in [0.1, 0.15) is 4.75 Å². The van der Waals surface area contributed by atoms with E-state index in [1.165, 1.54) is 13.8 Å². The first-order chi connectivity index (χ1) is 9.20. The molecular weight excluding hydrogens is 342 g/mol. The predicted molar refractivity (Wildman–Crippen MR) is 84.6 cm³/mol. The minimum atomic E-state index is -3.46. The van der Waals surface area contributed by atoms with E-state index in [0.29, 0.717) is 18.4 Å². The summed E-state index contributed by atoms with van der Waals surface area (Å²) >= 11 is 3.31. The van der Waals surface area contributed by atoms with E-state index in [4.69, 9.17) is 0 Å². The van der Waals surface area contributed by atoms with Crippen molar-refractivity contribution in [1.29, 1.82) is 0 Å². The maximum atomic E-state index is 12.5. The van der Waals surface area contributed by atoms with Crippen LogP contribution < -0.4 is 0 Å². The van der Waals surface area contributed by atoms with Crippen LogP contribution in [0.5, 0.6) is 0 Å². The Balaban J connectivity index is 3.00. The molecule has 1 amide bonds. The predicted octanol–water partition coefficient (Wildman–Crippen LogP) is 2.23. The van der Waals surface area contributed by atoms with Gasteiger partial charge in [-0.2, -0.15) is 0 Å². The van der Waals surface area contributed by atoms with Gasteiger partial charge in [-0.05, 0) is 19.4 Å². The third-order valence-corrected chi connectivity index (χ3v) is 5.68. The van der Waals surface area contributed by atoms with Gasteiger partial charge in [-0.3, -0.25) is 4.79 Å². The summed E-state index contributed by atoms with van der Waals surface area (Å²) in [5.41, 5.74) is 0.978. The Kier molecular flexibility index (Phi) is 5.77. The summed E-state index contributed by atoms with van der Waals surface area (Å²) in [6.07, 6.45) is 1.10. The molecule has 0 spiro atoms. The van der Waals surface area contributed by atoms with Gasteiger partial charge in [0.2, 0.25) is 5.91 Å². The van der Waals surface area contributed by atoms with Crippen LogP contribution in [0.4, 0.5) is 0 Å². The van der Waals surface area contributed by atoms with E-state index in [2.05, 4.69) is 15.9 Å². The zero-order chi connectivity index (χ0) is 15.4. The van der Waals surface area contributed by atoms with Gasteiger partial charge in [0.05, 0.1) is 0 Å². The molecule has 0 radical (unpaired) electrons. The van der Waals surface area contributed by atoms with Crippen LogP contribution in [-0.4, -0.2) is 42.1 Å². The van der Waals surface area contributed by atoms with Crippen molar-refractivity contribution in [2.75, 3.05) is 18.1 Å². The molecular formula is C14H20BrNO3S. The topological polar surface area (TPSA) is 54.5 Å². The van der Waals surface area contributed by atoms with Gasteiger partial charge in [-0.1, -0.05) is 46.3 Å². The fourth-order valence-corrected chi connectivity index (χ4v) is 2.57. The average Bonchev–Trinajstić information content (AvgIpc) is 2.37. The number of benzene rings is 1. The summed E-state index contributed by atoms with van der Waals surface area (Å²) in [5.74, 6) is -0.372. The third-order valence-electron chi connectivity index (χ3n) is 3.30. The first kappa shape index (κ1) is 17.2. The summed E-state index contributed by atoms with van der Waals surface area (Å²) in [7, 11) is -3.46. The Bertz CT molecular complexity index is 555. The van der Waals surface area contributed by atoms with Crippen LogP contribution in [0.15, 0.2) is 30.3 Å². The number of alkyl halides is 1. The molecule has 0 atom stereocenters. The Morgan fingerprint density at radius 1 is 1.25 bits per heavy atom. The van der Waals surface area contributed by atoms with Crippen molar-refractivity contribution in [2.45, 2.75) is 25.1 Å². The molecule has 0 aliphatic carbocycles. The van der Waals surface area contributed by atoms with Gasteiger partial charge >= 0.3 is 0 Å². The lowest BCUT2D eigenvalue weighted by atomic mass is 10.1. The fourth-order valence-electron chi connectivity index (χ4n) is 1.70. The molecule has 1 rings (SSSR count). The maximum Gasteiger partial charge on any atom is 0.243 e. The molecule has 0 bridgehead atoms. The minimum absolute atomic E-state index is 0.372. The highest BCUT2D eigenvalue weighted by molar-refractivity contribution is 9.09. The van der Waals surface area contributed by atoms with Gasteiger partial charge in [0.25, 0.3) is 0 Å². The monoisotopic (exact) mass is 361 g/mol. The number of halogens is 1. The molecule has 0 heterocycles. The van der Waals surface area contributed by atoms with Crippen molar-refractivity contribution in [3.63, 3.8) is 0 Å². The number of carbonyl (C=O) groups is 1. The highest BCUT2D eigenvalue weighted by Crippen LogP contribution is 2.20. The SMILES string of the molecule is CC(C)(C(=O)N(CCBr)Cc1ccccc1)S(C)(=O)=O. The van der Waals surface area contributed by atoms with E-state index in [-0.39, 0.29) is 5.91 Å². The number of sulfone groups is 1. The molecule has 0 N–H and O–H groups in total. The lowest BCUT2D eigenvalue weighted by Gasteiger charge is -2.30. The number of nitrogens with zero attached hydrogens (tertiary/aromatic N) is 1. The minimum Gasteiger partial charge on any atom is -0.336 e. The van der Waals surface area contributed by atoms with Crippen LogP contribution in [0.25, 0.3) is 0 Å².